The second-order valence-electron chi connectivity index (χ2n) is 9.47. The Morgan fingerprint density at radius 1 is 1.03 bits per heavy atom. The molecule has 2 N–H and O–H groups in total. The van der Waals surface area contributed by atoms with E-state index in [0.29, 0.717) is 67.8 Å². The van der Waals surface area contributed by atoms with E-state index in [1.165, 1.54) is 0 Å². The SMILES string of the molecule is CC(C)CNC(=O)[C@@H](NC(=O)c1ccc2c(c1)OCO2)C1CCN(C(=O)CC(C)C)CC1. The predicted molar refractivity (Wildman–Crippen MR) is 120 cm³/mol. The third-order valence-electron chi connectivity index (χ3n) is 5.83. The van der Waals surface area contributed by atoms with Gasteiger partial charge in [-0.1, -0.05) is 27.7 Å². The van der Waals surface area contributed by atoms with Gasteiger partial charge >= 0.3 is 0 Å². The summed E-state index contributed by atoms with van der Waals surface area (Å²) in [6, 6.07) is 4.34. The molecule has 3 rings (SSSR count). The number of ether oxygens (including phenoxy) is 2. The Balaban J connectivity index is 1.68. The van der Waals surface area contributed by atoms with Gasteiger partial charge in [0.25, 0.3) is 5.91 Å². The number of nitrogens with zero attached hydrogens (tertiary/aromatic N) is 1. The molecule has 1 aromatic carbocycles. The first-order valence-corrected chi connectivity index (χ1v) is 11.5. The first-order valence-electron chi connectivity index (χ1n) is 11.5. The van der Waals surface area contributed by atoms with Crippen LogP contribution in [0, 0.1) is 17.8 Å². The van der Waals surface area contributed by atoms with E-state index < -0.39 is 6.04 Å². The Kier molecular flexibility index (Phi) is 7.99. The van der Waals surface area contributed by atoms with E-state index in [-0.39, 0.29) is 30.4 Å². The highest BCUT2D eigenvalue weighted by Gasteiger charge is 2.34. The third kappa shape index (κ3) is 6.14. The van der Waals surface area contributed by atoms with Crippen molar-refractivity contribution in [3.05, 3.63) is 23.8 Å². The van der Waals surface area contributed by atoms with Crippen LogP contribution < -0.4 is 20.1 Å². The van der Waals surface area contributed by atoms with Gasteiger partial charge in [-0.25, -0.2) is 0 Å². The molecule has 1 atom stereocenters. The lowest BCUT2D eigenvalue weighted by Gasteiger charge is -2.36. The predicted octanol–water partition coefficient (Wildman–Crippen LogP) is 2.57. The summed E-state index contributed by atoms with van der Waals surface area (Å²) in [5.41, 5.74) is 0.417. The summed E-state index contributed by atoms with van der Waals surface area (Å²) in [7, 11) is 0. The second kappa shape index (κ2) is 10.7. The van der Waals surface area contributed by atoms with Crippen molar-refractivity contribution in [1.82, 2.24) is 15.5 Å². The molecule has 2 aliphatic rings. The van der Waals surface area contributed by atoms with Gasteiger partial charge in [-0.3, -0.25) is 14.4 Å². The van der Waals surface area contributed by atoms with Crippen molar-refractivity contribution in [1.29, 1.82) is 0 Å². The van der Waals surface area contributed by atoms with Gasteiger partial charge in [0.1, 0.15) is 6.04 Å². The number of piperidine rings is 1. The molecule has 0 spiro atoms. The van der Waals surface area contributed by atoms with Gasteiger partial charge in [0.05, 0.1) is 0 Å². The number of hydrogen-bond acceptors (Lipinski definition) is 5. The average molecular weight is 446 g/mol. The fraction of sp³-hybridized carbons (Fsp3) is 0.625. The maximum Gasteiger partial charge on any atom is 0.252 e. The number of fused-ring (bicyclic) bond motifs is 1. The highest BCUT2D eigenvalue weighted by Crippen LogP contribution is 2.32. The van der Waals surface area contributed by atoms with Crippen molar-refractivity contribution in [2.24, 2.45) is 17.8 Å². The molecular formula is C24H35N3O5. The topological polar surface area (TPSA) is 97.0 Å². The normalized spacial score (nSPS) is 16.9. The summed E-state index contributed by atoms with van der Waals surface area (Å²) >= 11 is 0. The maximum absolute atomic E-state index is 13.0. The van der Waals surface area contributed by atoms with Crippen LogP contribution in [0.3, 0.4) is 0 Å². The fourth-order valence-electron chi connectivity index (χ4n) is 4.04. The Bertz CT molecular complexity index is 831. The minimum Gasteiger partial charge on any atom is -0.454 e. The molecule has 1 aromatic rings. The Hall–Kier alpha value is -2.77. The maximum atomic E-state index is 13.0. The molecule has 3 amide bonds. The molecule has 0 aromatic heterocycles. The number of nitrogens with one attached hydrogen (secondary N) is 2. The van der Waals surface area contributed by atoms with Gasteiger partial charge in [-0.15, -0.1) is 0 Å². The van der Waals surface area contributed by atoms with E-state index in [2.05, 4.69) is 10.6 Å². The van der Waals surface area contributed by atoms with E-state index in [0.717, 1.165) is 0 Å². The Morgan fingerprint density at radius 3 is 2.38 bits per heavy atom. The van der Waals surface area contributed by atoms with Crippen molar-refractivity contribution in [2.45, 2.75) is 53.0 Å². The monoisotopic (exact) mass is 445 g/mol. The summed E-state index contributed by atoms with van der Waals surface area (Å²) in [6.45, 7) is 10.00. The molecule has 0 bridgehead atoms. The zero-order valence-electron chi connectivity index (χ0n) is 19.5. The van der Waals surface area contributed by atoms with Crippen LogP contribution in [-0.2, 0) is 9.59 Å². The quantitative estimate of drug-likeness (QED) is 0.641. The summed E-state index contributed by atoms with van der Waals surface area (Å²) in [5, 5.41) is 5.90. The van der Waals surface area contributed by atoms with E-state index in [1.807, 2.05) is 32.6 Å². The smallest absolute Gasteiger partial charge is 0.252 e. The van der Waals surface area contributed by atoms with Gasteiger partial charge < -0.3 is 25.0 Å². The van der Waals surface area contributed by atoms with Crippen molar-refractivity contribution in [3.63, 3.8) is 0 Å². The van der Waals surface area contributed by atoms with Crippen molar-refractivity contribution >= 4 is 17.7 Å². The Labute approximate surface area is 190 Å². The zero-order chi connectivity index (χ0) is 23.3. The van der Waals surface area contributed by atoms with Crippen LogP contribution in [0.2, 0.25) is 0 Å². The van der Waals surface area contributed by atoms with Crippen LogP contribution in [0.25, 0.3) is 0 Å². The van der Waals surface area contributed by atoms with Crippen LogP contribution in [0.1, 0.15) is 57.3 Å². The van der Waals surface area contributed by atoms with Gasteiger partial charge in [0, 0.05) is 31.6 Å². The molecule has 0 radical (unpaired) electrons. The summed E-state index contributed by atoms with van der Waals surface area (Å²) in [6.07, 6.45) is 1.87. The largest absolute Gasteiger partial charge is 0.454 e. The van der Waals surface area contributed by atoms with Crippen LogP contribution in [0.15, 0.2) is 18.2 Å². The van der Waals surface area contributed by atoms with E-state index in [4.69, 9.17) is 9.47 Å². The molecule has 8 nitrogen and oxygen atoms in total. The molecule has 8 heteroatoms. The Morgan fingerprint density at radius 2 is 1.72 bits per heavy atom. The van der Waals surface area contributed by atoms with Crippen molar-refractivity contribution in [3.8, 4) is 11.5 Å². The molecule has 176 valence electrons. The first-order chi connectivity index (χ1) is 15.2. The van der Waals surface area contributed by atoms with Crippen LogP contribution in [0.5, 0.6) is 11.5 Å². The van der Waals surface area contributed by atoms with Gasteiger partial charge in [0.2, 0.25) is 18.6 Å². The van der Waals surface area contributed by atoms with E-state index in [1.54, 1.807) is 18.2 Å². The molecule has 32 heavy (non-hydrogen) atoms. The lowest BCUT2D eigenvalue weighted by Crippen LogP contribution is -2.54. The summed E-state index contributed by atoms with van der Waals surface area (Å²) in [5.74, 6) is 1.36. The standard InChI is InChI=1S/C24H35N3O5/c1-15(2)11-21(28)27-9-7-17(8-10-27)22(24(30)25-13-16(3)4)26-23(29)18-5-6-19-20(12-18)32-14-31-19/h5-6,12,15-17,22H,7-11,13-14H2,1-4H3,(H,25,30)(H,26,29)/t22-/m0/s1. The lowest BCUT2D eigenvalue weighted by atomic mass is 9.88. The number of benzene rings is 1. The van der Waals surface area contributed by atoms with E-state index in [9.17, 15) is 14.4 Å². The zero-order valence-corrected chi connectivity index (χ0v) is 19.5. The highest BCUT2D eigenvalue weighted by atomic mass is 16.7. The molecule has 1 fully saturated rings. The average Bonchev–Trinajstić information content (AvgIpc) is 3.23. The second-order valence-corrected chi connectivity index (χ2v) is 9.47. The molecular weight excluding hydrogens is 410 g/mol. The fourth-order valence-corrected chi connectivity index (χ4v) is 4.04. The molecule has 0 saturated carbocycles. The number of hydrogen-bond donors (Lipinski definition) is 2. The summed E-state index contributed by atoms with van der Waals surface area (Å²) in [4.78, 5) is 40.3. The van der Waals surface area contributed by atoms with E-state index >= 15 is 0 Å². The van der Waals surface area contributed by atoms with Crippen LogP contribution >= 0.6 is 0 Å². The van der Waals surface area contributed by atoms with Gasteiger partial charge in [-0.05, 0) is 48.8 Å². The van der Waals surface area contributed by atoms with Crippen molar-refractivity contribution in [2.75, 3.05) is 26.4 Å². The van der Waals surface area contributed by atoms with Crippen molar-refractivity contribution < 1.29 is 23.9 Å². The van der Waals surface area contributed by atoms with Crippen LogP contribution in [-0.4, -0.2) is 55.1 Å². The molecule has 2 heterocycles. The number of carbonyl (C=O) groups excluding carboxylic acids is 3. The lowest BCUT2D eigenvalue weighted by molar-refractivity contribution is -0.133. The molecule has 2 aliphatic heterocycles. The number of amides is 3. The van der Waals surface area contributed by atoms with Gasteiger partial charge in [-0.2, -0.15) is 0 Å². The molecule has 0 aliphatic carbocycles. The van der Waals surface area contributed by atoms with Crippen LogP contribution in [0.4, 0.5) is 0 Å². The number of likely N-dealkylation sites (tertiary alicyclic amines) is 1. The summed E-state index contributed by atoms with van der Waals surface area (Å²) < 4.78 is 10.7. The molecule has 1 saturated heterocycles. The minimum absolute atomic E-state index is 0.0387. The minimum atomic E-state index is -0.658. The number of carbonyl (C=O) groups is 3. The number of rotatable bonds is 8. The third-order valence-corrected chi connectivity index (χ3v) is 5.83. The molecule has 0 unspecified atom stereocenters. The first kappa shape index (κ1) is 23.9. The van der Waals surface area contributed by atoms with Gasteiger partial charge in [0.15, 0.2) is 11.5 Å². The highest BCUT2D eigenvalue weighted by molar-refractivity contribution is 5.98.